The summed E-state index contributed by atoms with van der Waals surface area (Å²) in [5.41, 5.74) is 4.10. The molecule has 0 amide bonds. The van der Waals surface area contributed by atoms with E-state index < -0.39 is 7.60 Å². The smallest absolute Gasteiger partial charge is 0.416 e. The summed E-state index contributed by atoms with van der Waals surface area (Å²) in [4.78, 5) is 0. The van der Waals surface area contributed by atoms with E-state index in [4.69, 9.17) is 9.05 Å². The maximum Gasteiger partial charge on any atom is 0.457 e. The molecule has 0 bridgehead atoms. The van der Waals surface area contributed by atoms with Gasteiger partial charge in [-0.05, 0) is 19.1 Å². The van der Waals surface area contributed by atoms with E-state index in [-0.39, 0.29) is 12.4 Å². The van der Waals surface area contributed by atoms with E-state index >= 15 is 0 Å². The number of hydrogen-bond donors (Lipinski definition) is 0. The van der Waals surface area contributed by atoms with Crippen LogP contribution >= 0.6 is 7.60 Å². The Morgan fingerprint density at radius 2 is 1.68 bits per heavy atom. The average Bonchev–Trinajstić information content (AvgIpc) is 2.55. The Kier molecular flexibility index (Phi) is 5.61. The first-order chi connectivity index (χ1) is 10.6. The molecule has 0 aliphatic heterocycles. The molecular formula is C18H17O3P. The summed E-state index contributed by atoms with van der Waals surface area (Å²) in [5, 5.41) is 0. The van der Waals surface area contributed by atoms with Gasteiger partial charge in [-0.2, -0.15) is 0 Å². The molecule has 3 nitrogen and oxygen atoms in total. The summed E-state index contributed by atoms with van der Waals surface area (Å²) in [6.07, 6.45) is 0. The molecule has 0 aliphatic carbocycles. The topological polar surface area (TPSA) is 35.5 Å². The fraction of sp³-hybridized carbons (Fsp3) is 0.111. The van der Waals surface area contributed by atoms with Crippen molar-refractivity contribution in [2.24, 2.45) is 0 Å². The van der Waals surface area contributed by atoms with Crippen molar-refractivity contribution in [1.82, 2.24) is 0 Å². The monoisotopic (exact) mass is 312 g/mol. The minimum Gasteiger partial charge on any atom is -0.416 e. The lowest BCUT2D eigenvalue weighted by Gasteiger charge is -2.15. The Labute approximate surface area is 131 Å². The van der Waals surface area contributed by atoms with E-state index in [1.165, 1.54) is 0 Å². The average molecular weight is 312 g/mol. The normalized spacial score (nSPS) is 12.6. The Bertz CT molecular complexity index is 727. The quantitative estimate of drug-likeness (QED) is 0.447. The highest BCUT2D eigenvalue weighted by Gasteiger charge is 2.24. The van der Waals surface area contributed by atoms with Gasteiger partial charge in [-0.25, -0.2) is 4.57 Å². The maximum atomic E-state index is 12.7. The highest BCUT2D eigenvalue weighted by atomic mass is 31.2. The van der Waals surface area contributed by atoms with E-state index in [2.05, 4.69) is 18.2 Å². The molecule has 1 unspecified atom stereocenters. The van der Waals surface area contributed by atoms with Gasteiger partial charge in [0, 0.05) is 16.8 Å². The molecule has 22 heavy (non-hydrogen) atoms. The molecule has 112 valence electrons. The van der Waals surface area contributed by atoms with Crippen molar-refractivity contribution in [3.8, 4) is 11.6 Å². The number of hydrogen-bond acceptors (Lipinski definition) is 3. The first-order valence-electron chi connectivity index (χ1n) is 6.90. The zero-order valence-electron chi connectivity index (χ0n) is 12.4. The van der Waals surface area contributed by atoms with Crippen LogP contribution in [0.5, 0.6) is 0 Å². The predicted octanol–water partition coefficient (Wildman–Crippen LogP) is 4.91. The van der Waals surface area contributed by atoms with Crippen molar-refractivity contribution < 1.29 is 13.6 Å². The van der Waals surface area contributed by atoms with Crippen LogP contribution in [0.25, 0.3) is 5.76 Å². The van der Waals surface area contributed by atoms with Crippen molar-refractivity contribution in [3.05, 3.63) is 78.4 Å². The fourth-order valence-corrected chi connectivity index (χ4v) is 2.89. The van der Waals surface area contributed by atoms with Gasteiger partial charge in [-0.1, -0.05) is 61.0 Å². The van der Waals surface area contributed by atoms with Crippen LogP contribution in [0.1, 0.15) is 18.1 Å². The molecule has 0 heterocycles. The molecule has 0 spiro atoms. The van der Waals surface area contributed by atoms with Gasteiger partial charge >= 0.3 is 7.60 Å². The van der Waals surface area contributed by atoms with Gasteiger partial charge in [0.15, 0.2) is 0 Å². The lowest BCUT2D eigenvalue weighted by atomic mass is 10.2. The minimum atomic E-state index is -3.57. The summed E-state index contributed by atoms with van der Waals surface area (Å²) in [6.45, 7) is 5.79. The summed E-state index contributed by atoms with van der Waals surface area (Å²) in [7, 11) is -3.57. The molecule has 0 aromatic heterocycles. The first kappa shape index (κ1) is 16.1. The van der Waals surface area contributed by atoms with Crippen molar-refractivity contribution >= 4 is 13.4 Å². The van der Waals surface area contributed by atoms with Crippen LogP contribution in [0.3, 0.4) is 0 Å². The van der Waals surface area contributed by atoms with E-state index in [9.17, 15) is 4.57 Å². The highest BCUT2D eigenvalue weighted by molar-refractivity contribution is 7.59. The van der Waals surface area contributed by atoms with Gasteiger partial charge in [0.25, 0.3) is 0 Å². The van der Waals surface area contributed by atoms with Gasteiger partial charge in [0.1, 0.15) is 5.76 Å². The van der Waals surface area contributed by atoms with E-state index in [1.807, 2.05) is 60.7 Å². The molecule has 2 rings (SSSR count). The van der Waals surface area contributed by atoms with Crippen molar-refractivity contribution in [2.45, 2.75) is 6.92 Å². The summed E-state index contributed by atoms with van der Waals surface area (Å²) in [5.74, 6) is 3.10. The van der Waals surface area contributed by atoms with Crippen LogP contribution in [-0.2, 0) is 13.6 Å². The summed E-state index contributed by atoms with van der Waals surface area (Å²) in [6, 6.07) is 18.5. The second kappa shape index (κ2) is 7.66. The SMILES string of the molecule is C=C(OP(=O)(C#Cc1ccccc1)OCC)c1ccccc1. The van der Waals surface area contributed by atoms with Gasteiger partial charge in [0.2, 0.25) is 0 Å². The third-order valence-electron chi connectivity index (χ3n) is 2.74. The third kappa shape index (κ3) is 4.63. The molecule has 0 saturated carbocycles. The maximum absolute atomic E-state index is 12.7. The second-order valence-electron chi connectivity index (χ2n) is 4.40. The molecule has 4 heteroatoms. The van der Waals surface area contributed by atoms with Crippen LogP contribution in [0.15, 0.2) is 67.2 Å². The number of benzene rings is 2. The van der Waals surface area contributed by atoms with E-state index in [0.717, 1.165) is 11.1 Å². The molecule has 2 aromatic rings. The van der Waals surface area contributed by atoms with Crippen molar-refractivity contribution in [3.63, 3.8) is 0 Å². The standard InChI is InChI=1S/C18H17O3P/c1-3-20-22(19,15-14-17-10-6-4-7-11-17)21-16(2)18-12-8-5-9-13-18/h4-13H,2-3H2,1H3. The lowest BCUT2D eigenvalue weighted by molar-refractivity contribution is 0.281. The second-order valence-corrected chi connectivity index (χ2v) is 6.06. The lowest BCUT2D eigenvalue weighted by Crippen LogP contribution is -1.94. The van der Waals surface area contributed by atoms with Gasteiger partial charge in [-0.3, -0.25) is 4.52 Å². The van der Waals surface area contributed by atoms with Crippen LogP contribution in [0, 0.1) is 11.6 Å². The predicted molar refractivity (Wildman–Crippen MR) is 89.1 cm³/mol. The van der Waals surface area contributed by atoms with Crippen LogP contribution < -0.4 is 0 Å². The van der Waals surface area contributed by atoms with E-state index in [0.29, 0.717) is 0 Å². The molecule has 2 aromatic carbocycles. The first-order valence-corrected chi connectivity index (χ1v) is 8.44. The highest BCUT2D eigenvalue weighted by Crippen LogP contribution is 2.50. The van der Waals surface area contributed by atoms with Crippen molar-refractivity contribution in [2.75, 3.05) is 6.61 Å². The van der Waals surface area contributed by atoms with Gasteiger partial charge < -0.3 is 4.52 Å². The molecule has 0 fully saturated rings. The third-order valence-corrected chi connectivity index (χ3v) is 4.18. The molecular weight excluding hydrogens is 295 g/mol. The van der Waals surface area contributed by atoms with Gasteiger partial charge in [0.05, 0.1) is 6.61 Å². The Balaban J connectivity index is 2.20. The van der Waals surface area contributed by atoms with Crippen molar-refractivity contribution in [1.29, 1.82) is 0 Å². The van der Waals surface area contributed by atoms with E-state index in [1.54, 1.807) is 6.92 Å². The Morgan fingerprint density at radius 1 is 1.09 bits per heavy atom. The molecule has 0 radical (unpaired) electrons. The molecule has 0 saturated heterocycles. The Morgan fingerprint density at radius 3 is 2.27 bits per heavy atom. The van der Waals surface area contributed by atoms with Crippen LogP contribution in [-0.4, -0.2) is 6.61 Å². The molecule has 0 N–H and O–H groups in total. The minimum absolute atomic E-state index is 0.239. The largest absolute Gasteiger partial charge is 0.457 e. The van der Waals surface area contributed by atoms with Crippen LogP contribution in [0.2, 0.25) is 0 Å². The number of rotatable bonds is 5. The molecule has 0 aliphatic rings. The Hall–Kier alpha value is -2.27. The summed E-state index contributed by atoms with van der Waals surface area (Å²) >= 11 is 0. The zero-order valence-corrected chi connectivity index (χ0v) is 13.3. The fourth-order valence-electron chi connectivity index (χ4n) is 1.73. The van der Waals surface area contributed by atoms with Crippen LogP contribution in [0.4, 0.5) is 0 Å². The zero-order chi connectivity index (χ0) is 15.8. The molecule has 1 atom stereocenters. The van der Waals surface area contributed by atoms with Gasteiger partial charge in [-0.15, -0.1) is 0 Å². The summed E-state index contributed by atoms with van der Waals surface area (Å²) < 4.78 is 23.4.